The van der Waals surface area contributed by atoms with Crippen molar-refractivity contribution in [2.45, 2.75) is 32.2 Å². The number of carbonyl (C=O) groups excluding carboxylic acids is 1. The third-order valence-electron chi connectivity index (χ3n) is 3.78. The van der Waals surface area contributed by atoms with Gasteiger partial charge in [0.25, 0.3) is 0 Å². The molecule has 2 N–H and O–H groups in total. The van der Waals surface area contributed by atoms with Crippen molar-refractivity contribution in [1.82, 2.24) is 4.90 Å². The van der Waals surface area contributed by atoms with Crippen LogP contribution in [-0.4, -0.2) is 41.7 Å². The molecule has 1 atom stereocenters. The number of nitrogens with one attached hydrogen (secondary N) is 1. The van der Waals surface area contributed by atoms with Crippen molar-refractivity contribution in [3.63, 3.8) is 0 Å². The van der Waals surface area contributed by atoms with Crippen molar-refractivity contribution >= 4 is 23.2 Å². The number of hydrogen-bond acceptors (Lipinski definition) is 3. The van der Waals surface area contributed by atoms with Crippen molar-refractivity contribution in [1.29, 1.82) is 0 Å². The van der Waals surface area contributed by atoms with Crippen molar-refractivity contribution in [2.24, 2.45) is 0 Å². The highest BCUT2D eigenvalue weighted by Crippen LogP contribution is 2.21. The van der Waals surface area contributed by atoms with Gasteiger partial charge >= 0.3 is 0 Å². The van der Waals surface area contributed by atoms with Crippen LogP contribution in [0.3, 0.4) is 0 Å². The summed E-state index contributed by atoms with van der Waals surface area (Å²) in [5.41, 5.74) is 1.74. The first-order chi connectivity index (χ1) is 9.60. The summed E-state index contributed by atoms with van der Waals surface area (Å²) in [5, 5.41) is 12.9. The minimum absolute atomic E-state index is 0.0595. The summed E-state index contributed by atoms with van der Waals surface area (Å²) in [5.74, 6) is -0.0595. The predicted octanol–water partition coefficient (Wildman–Crippen LogP) is 2.43. The Balaban J connectivity index is 1.96. The molecule has 1 aliphatic rings. The van der Waals surface area contributed by atoms with Gasteiger partial charge in [-0.25, -0.2) is 0 Å². The Morgan fingerprint density at radius 2 is 2.30 bits per heavy atom. The lowest BCUT2D eigenvalue weighted by molar-refractivity contribution is -0.118. The number of aliphatic hydroxyl groups is 1. The maximum Gasteiger partial charge on any atom is 0.238 e. The first-order valence-electron chi connectivity index (χ1n) is 7.01. The predicted molar refractivity (Wildman–Crippen MR) is 81.1 cm³/mol. The Bertz CT molecular complexity index is 479. The summed E-state index contributed by atoms with van der Waals surface area (Å²) in [6, 6.07) is 5.55. The van der Waals surface area contributed by atoms with Gasteiger partial charge < -0.3 is 10.4 Å². The van der Waals surface area contributed by atoms with Gasteiger partial charge in [0.1, 0.15) is 0 Å². The zero-order chi connectivity index (χ0) is 14.5. The number of likely N-dealkylation sites (tertiary alicyclic amines) is 1. The molecule has 5 heteroatoms. The third kappa shape index (κ3) is 3.95. The fraction of sp³-hybridized carbons (Fsp3) is 0.533. The van der Waals surface area contributed by atoms with E-state index in [9.17, 15) is 9.90 Å². The molecule has 4 nitrogen and oxygen atoms in total. The Kier molecular flexibility index (Phi) is 5.40. The number of amides is 1. The Hall–Kier alpha value is -1.10. The summed E-state index contributed by atoms with van der Waals surface area (Å²) >= 11 is 5.94. The molecule has 1 unspecified atom stereocenters. The van der Waals surface area contributed by atoms with Crippen LogP contribution < -0.4 is 5.32 Å². The fourth-order valence-corrected chi connectivity index (χ4v) is 2.75. The van der Waals surface area contributed by atoms with Gasteiger partial charge in [-0.2, -0.15) is 0 Å². The van der Waals surface area contributed by atoms with Crippen LogP contribution >= 0.6 is 11.6 Å². The van der Waals surface area contributed by atoms with E-state index in [4.69, 9.17) is 11.6 Å². The van der Waals surface area contributed by atoms with E-state index in [0.717, 1.165) is 37.1 Å². The molecule has 0 aromatic heterocycles. The molecule has 1 aliphatic heterocycles. The molecule has 20 heavy (non-hydrogen) atoms. The van der Waals surface area contributed by atoms with Gasteiger partial charge in [0.15, 0.2) is 0 Å². The van der Waals surface area contributed by atoms with Gasteiger partial charge in [0.05, 0.1) is 13.2 Å². The summed E-state index contributed by atoms with van der Waals surface area (Å²) in [4.78, 5) is 14.2. The van der Waals surface area contributed by atoms with Crippen molar-refractivity contribution in [3.05, 3.63) is 28.8 Å². The number of anilines is 1. The number of carbonyl (C=O) groups is 1. The highest BCUT2D eigenvalue weighted by Gasteiger charge is 2.23. The molecule has 0 spiro atoms. The highest BCUT2D eigenvalue weighted by atomic mass is 35.5. The van der Waals surface area contributed by atoms with E-state index in [0.29, 0.717) is 11.6 Å². The van der Waals surface area contributed by atoms with E-state index in [1.165, 1.54) is 0 Å². The molecule has 0 radical (unpaired) electrons. The van der Waals surface area contributed by atoms with Gasteiger partial charge in [-0.3, -0.25) is 9.69 Å². The lowest BCUT2D eigenvalue weighted by atomic mass is 10.0. The molecule has 2 rings (SSSR count). The number of aryl methyl sites for hydroxylation is 1. The summed E-state index contributed by atoms with van der Waals surface area (Å²) in [6.07, 6.45) is 3.16. The zero-order valence-corrected chi connectivity index (χ0v) is 12.5. The van der Waals surface area contributed by atoms with Crippen molar-refractivity contribution < 1.29 is 9.90 Å². The maximum absolute atomic E-state index is 12.1. The normalized spacial score (nSPS) is 19.9. The summed E-state index contributed by atoms with van der Waals surface area (Å²) < 4.78 is 0. The first kappa shape index (κ1) is 15.3. The van der Waals surface area contributed by atoms with E-state index < -0.39 is 0 Å². The first-order valence-corrected chi connectivity index (χ1v) is 7.39. The van der Waals surface area contributed by atoms with Crippen LogP contribution in [-0.2, 0) is 4.79 Å². The van der Waals surface area contributed by atoms with Gasteiger partial charge in [-0.15, -0.1) is 0 Å². The van der Waals surface area contributed by atoms with Crippen molar-refractivity contribution in [3.8, 4) is 0 Å². The van der Waals surface area contributed by atoms with Gasteiger partial charge in [0.2, 0.25) is 5.91 Å². The Morgan fingerprint density at radius 1 is 1.50 bits per heavy atom. The molecule has 1 heterocycles. The number of piperidine rings is 1. The number of hydrogen-bond donors (Lipinski definition) is 2. The third-order valence-corrected chi connectivity index (χ3v) is 4.02. The smallest absolute Gasteiger partial charge is 0.238 e. The SMILES string of the molecule is Cc1ccc(Cl)cc1NC(=O)CN1CCCCC1CO. The minimum atomic E-state index is -0.0595. The van der Waals surface area contributed by atoms with Crippen molar-refractivity contribution in [2.75, 3.05) is 25.0 Å². The van der Waals surface area contributed by atoms with Gasteiger partial charge in [-0.1, -0.05) is 24.1 Å². The molecule has 0 saturated carbocycles. The van der Waals surface area contributed by atoms with Crippen LogP contribution in [0.1, 0.15) is 24.8 Å². The molecule has 1 saturated heterocycles. The molecule has 1 aromatic carbocycles. The van der Waals surface area contributed by atoms with E-state index in [1.54, 1.807) is 12.1 Å². The fourth-order valence-electron chi connectivity index (χ4n) is 2.58. The number of aliphatic hydroxyl groups excluding tert-OH is 1. The average Bonchev–Trinajstić information content (AvgIpc) is 2.43. The number of nitrogens with zero attached hydrogens (tertiary/aromatic N) is 1. The van der Waals surface area contributed by atoms with E-state index in [2.05, 4.69) is 10.2 Å². The molecule has 110 valence electrons. The second kappa shape index (κ2) is 7.07. The second-order valence-corrected chi connectivity index (χ2v) is 5.75. The Morgan fingerprint density at radius 3 is 3.05 bits per heavy atom. The number of rotatable bonds is 4. The van der Waals surface area contributed by atoms with Crippen LogP contribution in [0.5, 0.6) is 0 Å². The van der Waals surface area contributed by atoms with Gasteiger partial charge in [0, 0.05) is 16.8 Å². The minimum Gasteiger partial charge on any atom is -0.395 e. The van der Waals surface area contributed by atoms with Crippen LogP contribution in [0.4, 0.5) is 5.69 Å². The maximum atomic E-state index is 12.1. The molecule has 0 aliphatic carbocycles. The molecule has 1 aromatic rings. The molecule has 1 amide bonds. The number of benzene rings is 1. The van der Waals surface area contributed by atoms with E-state index >= 15 is 0 Å². The average molecular weight is 297 g/mol. The number of halogens is 1. The molecule has 1 fully saturated rings. The molecular formula is C15H21ClN2O2. The van der Waals surface area contributed by atoms with Crippen LogP contribution in [0.2, 0.25) is 5.02 Å². The van der Waals surface area contributed by atoms with Crippen LogP contribution in [0.15, 0.2) is 18.2 Å². The largest absolute Gasteiger partial charge is 0.395 e. The molecule has 0 bridgehead atoms. The Labute approximate surface area is 124 Å². The lowest BCUT2D eigenvalue weighted by Crippen LogP contribution is -2.45. The molecular weight excluding hydrogens is 276 g/mol. The quantitative estimate of drug-likeness (QED) is 0.897. The standard InChI is InChI=1S/C15H21ClN2O2/c1-11-5-6-12(16)8-14(11)17-15(20)9-18-7-3-2-4-13(18)10-19/h5-6,8,13,19H,2-4,7,9-10H2,1H3,(H,17,20). The van der Waals surface area contributed by atoms with Crippen LogP contribution in [0.25, 0.3) is 0 Å². The zero-order valence-electron chi connectivity index (χ0n) is 11.7. The monoisotopic (exact) mass is 296 g/mol. The van der Waals surface area contributed by atoms with E-state index in [1.807, 2.05) is 13.0 Å². The van der Waals surface area contributed by atoms with E-state index in [-0.39, 0.29) is 18.6 Å². The second-order valence-electron chi connectivity index (χ2n) is 5.31. The van der Waals surface area contributed by atoms with Crippen LogP contribution in [0, 0.1) is 6.92 Å². The highest BCUT2D eigenvalue weighted by molar-refractivity contribution is 6.31. The summed E-state index contributed by atoms with van der Waals surface area (Å²) in [7, 11) is 0. The van der Waals surface area contributed by atoms with Gasteiger partial charge in [-0.05, 0) is 44.0 Å². The topological polar surface area (TPSA) is 52.6 Å². The lowest BCUT2D eigenvalue weighted by Gasteiger charge is -2.33. The summed E-state index contributed by atoms with van der Waals surface area (Å²) in [6.45, 7) is 3.23.